The zero-order chi connectivity index (χ0) is 17.4. The first-order valence-electron chi connectivity index (χ1n) is 7.51. The van der Waals surface area contributed by atoms with E-state index in [2.05, 4.69) is 0 Å². The van der Waals surface area contributed by atoms with Crippen LogP contribution in [0.25, 0.3) is 0 Å². The predicted octanol–water partition coefficient (Wildman–Crippen LogP) is 2.97. The highest BCUT2D eigenvalue weighted by molar-refractivity contribution is 6.34. The highest BCUT2D eigenvalue weighted by Crippen LogP contribution is 2.13. The van der Waals surface area contributed by atoms with Gasteiger partial charge in [0.05, 0.1) is 7.11 Å². The molecule has 0 aliphatic carbocycles. The maximum Gasteiger partial charge on any atom is 0.374 e. The van der Waals surface area contributed by atoms with Crippen LogP contribution in [0, 0.1) is 0 Å². The summed E-state index contributed by atoms with van der Waals surface area (Å²) in [7, 11) is 1.54. The van der Waals surface area contributed by atoms with E-state index in [0.29, 0.717) is 11.3 Å². The second-order valence-corrected chi connectivity index (χ2v) is 5.14. The van der Waals surface area contributed by atoms with Gasteiger partial charge in [0.2, 0.25) is 5.78 Å². The molecule has 0 amide bonds. The first-order valence-corrected chi connectivity index (χ1v) is 7.51. The number of ketones is 2. The first kappa shape index (κ1) is 17.4. The van der Waals surface area contributed by atoms with Crippen molar-refractivity contribution in [2.45, 2.75) is 19.4 Å². The van der Waals surface area contributed by atoms with Gasteiger partial charge in [-0.25, -0.2) is 4.79 Å². The third-order valence-corrected chi connectivity index (χ3v) is 3.43. The maximum atomic E-state index is 12.0. The molecule has 0 heterocycles. The second-order valence-electron chi connectivity index (χ2n) is 5.14. The fraction of sp³-hybridized carbons (Fsp3) is 0.211. The van der Waals surface area contributed by atoms with Gasteiger partial charge < -0.3 is 9.47 Å². The molecule has 0 spiro atoms. The highest BCUT2D eigenvalue weighted by Gasteiger charge is 2.17. The Balaban J connectivity index is 1.78. The molecule has 0 aliphatic rings. The van der Waals surface area contributed by atoms with Crippen LogP contribution in [0.3, 0.4) is 0 Å². The molecule has 2 aromatic rings. The van der Waals surface area contributed by atoms with E-state index < -0.39 is 11.8 Å². The average Bonchev–Trinajstić information content (AvgIpc) is 2.64. The molecule has 0 aliphatic heterocycles. The van der Waals surface area contributed by atoms with Crippen LogP contribution < -0.4 is 4.74 Å². The van der Waals surface area contributed by atoms with Gasteiger partial charge in [-0.1, -0.05) is 30.3 Å². The van der Waals surface area contributed by atoms with E-state index in [4.69, 9.17) is 9.47 Å². The lowest BCUT2D eigenvalue weighted by molar-refractivity contribution is -0.154. The number of carbonyl (C=O) groups excluding carboxylic acids is 3. The molecule has 0 unspecified atom stereocenters. The lowest BCUT2D eigenvalue weighted by Crippen LogP contribution is -2.18. The molecule has 124 valence electrons. The minimum Gasteiger partial charge on any atom is -0.497 e. The van der Waals surface area contributed by atoms with E-state index in [9.17, 15) is 14.4 Å². The summed E-state index contributed by atoms with van der Waals surface area (Å²) in [4.78, 5) is 35.4. The quantitative estimate of drug-likeness (QED) is 0.424. The summed E-state index contributed by atoms with van der Waals surface area (Å²) in [6, 6.07) is 15.7. The third kappa shape index (κ3) is 5.05. The molecule has 24 heavy (non-hydrogen) atoms. The van der Waals surface area contributed by atoms with Crippen molar-refractivity contribution in [3.63, 3.8) is 0 Å². The summed E-state index contributed by atoms with van der Waals surface area (Å²) >= 11 is 0. The predicted molar refractivity (Wildman–Crippen MR) is 87.8 cm³/mol. The van der Waals surface area contributed by atoms with Gasteiger partial charge in [-0.05, 0) is 29.8 Å². The van der Waals surface area contributed by atoms with E-state index in [1.807, 2.05) is 18.2 Å². The van der Waals surface area contributed by atoms with Crippen LogP contribution in [0.5, 0.6) is 5.75 Å². The zero-order valence-corrected chi connectivity index (χ0v) is 13.4. The third-order valence-electron chi connectivity index (χ3n) is 3.43. The van der Waals surface area contributed by atoms with E-state index in [-0.39, 0.29) is 25.2 Å². The van der Waals surface area contributed by atoms with E-state index >= 15 is 0 Å². The van der Waals surface area contributed by atoms with Crippen molar-refractivity contribution in [2.24, 2.45) is 0 Å². The lowest BCUT2D eigenvalue weighted by Gasteiger charge is -2.05. The van der Waals surface area contributed by atoms with Gasteiger partial charge in [0.25, 0.3) is 0 Å². The van der Waals surface area contributed by atoms with Gasteiger partial charge in [0.15, 0.2) is 5.78 Å². The minimum atomic E-state index is -0.915. The van der Waals surface area contributed by atoms with Gasteiger partial charge in [-0.2, -0.15) is 0 Å². The molecule has 0 fully saturated rings. The Morgan fingerprint density at radius 1 is 0.875 bits per heavy atom. The summed E-state index contributed by atoms with van der Waals surface area (Å²) in [6.07, 6.45) is -0.204. The molecule has 2 rings (SSSR count). The van der Waals surface area contributed by atoms with Crippen molar-refractivity contribution in [3.8, 4) is 5.75 Å². The number of esters is 1. The molecular formula is C19H18O5. The summed E-state index contributed by atoms with van der Waals surface area (Å²) < 4.78 is 9.96. The van der Waals surface area contributed by atoms with Crippen molar-refractivity contribution in [1.29, 1.82) is 0 Å². The summed E-state index contributed by atoms with van der Waals surface area (Å²) in [6.45, 7) is 0.0395. The fourth-order valence-electron chi connectivity index (χ4n) is 2.05. The summed E-state index contributed by atoms with van der Waals surface area (Å²) in [5, 5.41) is 0. The Bertz CT molecular complexity index is 704. The van der Waals surface area contributed by atoms with Crippen molar-refractivity contribution in [3.05, 3.63) is 65.7 Å². The molecule has 0 aromatic heterocycles. The zero-order valence-electron chi connectivity index (χ0n) is 13.4. The minimum absolute atomic E-state index is 0.0361. The van der Waals surface area contributed by atoms with Crippen molar-refractivity contribution in [1.82, 2.24) is 0 Å². The molecular weight excluding hydrogens is 308 g/mol. The van der Waals surface area contributed by atoms with Gasteiger partial charge in [0.1, 0.15) is 12.4 Å². The number of benzene rings is 2. The lowest BCUT2D eigenvalue weighted by atomic mass is 10.0. The van der Waals surface area contributed by atoms with Crippen LogP contribution in [0.4, 0.5) is 0 Å². The molecule has 2 aromatic carbocycles. The van der Waals surface area contributed by atoms with Crippen LogP contribution in [0.2, 0.25) is 0 Å². The van der Waals surface area contributed by atoms with Crippen LogP contribution in [0.1, 0.15) is 28.8 Å². The number of rotatable bonds is 8. The summed E-state index contributed by atoms with van der Waals surface area (Å²) in [5.74, 6) is -1.18. The number of methoxy groups -OCH3 is 1. The van der Waals surface area contributed by atoms with Crippen LogP contribution >= 0.6 is 0 Å². The maximum absolute atomic E-state index is 12.0. The van der Waals surface area contributed by atoms with Gasteiger partial charge in [-0.3, -0.25) is 9.59 Å². The van der Waals surface area contributed by atoms with Crippen LogP contribution in [0.15, 0.2) is 54.6 Å². The molecule has 0 bridgehead atoms. The van der Waals surface area contributed by atoms with E-state index in [1.54, 1.807) is 36.4 Å². The smallest absolute Gasteiger partial charge is 0.374 e. The molecule has 0 radical (unpaired) electrons. The van der Waals surface area contributed by atoms with Gasteiger partial charge in [-0.15, -0.1) is 0 Å². The van der Waals surface area contributed by atoms with Crippen LogP contribution in [-0.2, 0) is 20.9 Å². The fourth-order valence-corrected chi connectivity index (χ4v) is 2.05. The standard InChI is InChI=1S/C19H18O5/c1-23-16-9-7-15(8-10-16)17(20)11-12-18(21)19(22)24-13-14-5-3-2-4-6-14/h2-10H,11-13H2,1H3. The number of Topliss-reactive ketones (excluding diaryl/α,β-unsaturated/α-hetero) is 2. The monoisotopic (exact) mass is 326 g/mol. The molecule has 0 saturated heterocycles. The number of hydrogen-bond donors (Lipinski definition) is 0. The molecule has 5 nitrogen and oxygen atoms in total. The Hall–Kier alpha value is -2.95. The topological polar surface area (TPSA) is 69.7 Å². The molecule has 0 N–H and O–H groups in total. The molecule has 5 heteroatoms. The van der Waals surface area contributed by atoms with Gasteiger partial charge >= 0.3 is 5.97 Å². The SMILES string of the molecule is COc1ccc(C(=O)CCC(=O)C(=O)OCc2ccccc2)cc1. The van der Waals surface area contributed by atoms with E-state index in [0.717, 1.165) is 5.56 Å². The number of hydrogen-bond acceptors (Lipinski definition) is 5. The second kappa shape index (κ2) is 8.62. The first-order chi connectivity index (χ1) is 11.6. The van der Waals surface area contributed by atoms with E-state index in [1.165, 1.54) is 7.11 Å². The Morgan fingerprint density at radius 3 is 2.17 bits per heavy atom. The summed E-state index contributed by atoms with van der Waals surface area (Å²) in [5.41, 5.74) is 1.27. The largest absolute Gasteiger partial charge is 0.497 e. The molecule has 0 saturated carbocycles. The Labute approximate surface area is 140 Å². The van der Waals surface area contributed by atoms with Crippen molar-refractivity contribution >= 4 is 17.5 Å². The van der Waals surface area contributed by atoms with Gasteiger partial charge in [0, 0.05) is 18.4 Å². The Kier molecular flexibility index (Phi) is 6.25. The Morgan fingerprint density at radius 2 is 1.54 bits per heavy atom. The number of ether oxygens (including phenoxy) is 2. The van der Waals surface area contributed by atoms with Crippen LogP contribution in [-0.4, -0.2) is 24.6 Å². The van der Waals surface area contributed by atoms with Crippen molar-refractivity contribution < 1.29 is 23.9 Å². The normalized spacial score (nSPS) is 10.0. The van der Waals surface area contributed by atoms with Crippen molar-refractivity contribution in [2.75, 3.05) is 7.11 Å². The highest BCUT2D eigenvalue weighted by atomic mass is 16.5. The molecule has 0 atom stereocenters. The number of carbonyl (C=O) groups is 3. The average molecular weight is 326 g/mol.